The molecule has 1 aromatic rings. The smallest absolute Gasteiger partial charge is 0.180 e. The number of nitrogens with two attached hydrogens (primary N) is 1. The molecule has 0 aliphatic heterocycles. The van der Waals surface area contributed by atoms with E-state index in [1.54, 1.807) is 0 Å². The van der Waals surface area contributed by atoms with Crippen LogP contribution in [0.3, 0.4) is 0 Å². The van der Waals surface area contributed by atoms with Gasteiger partial charge in [0.15, 0.2) is 5.84 Å². The molecule has 0 bridgehead atoms. The van der Waals surface area contributed by atoms with Gasteiger partial charge in [-0.3, -0.25) is 0 Å². The molecule has 0 radical (unpaired) electrons. The van der Waals surface area contributed by atoms with E-state index in [2.05, 4.69) is 23.9 Å². The zero-order chi connectivity index (χ0) is 10.6. The molecule has 0 saturated heterocycles. The second kappa shape index (κ2) is 4.85. The molecule has 0 amide bonds. The number of rotatable bonds is 4. The van der Waals surface area contributed by atoms with Crippen molar-refractivity contribution in [2.45, 2.75) is 13.8 Å². The van der Waals surface area contributed by atoms with Gasteiger partial charge in [0, 0.05) is 13.1 Å². The number of hydrogen-bond donors (Lipinski definition) is 2. The standard InChI is InChI=1S/C9H15N3OS/c1-3-12(4-2)8-6-5-7(14-8)9(10)11-13/h5-6,13H,3-4H2,1-2H3,(H2,10,11). The topological polar surface area (TPSA) is 61.8 Å². The third kappa shape index (κ3) is 2.17. The van der Waals surface area contributed by atoms with Crippen LogP contribution < -0.4 is 10.6 Å². The second-order valence-corrected chi connectivity index (χ2v) is 3.86. The fourth-order valence-electron chi connectivity index (χ4n) is 1.22. The lowest BCUT2D eigenvalue weighted by Crippen LogP contribution is -2.20. The van der Waals surface area contributed by atoms with E-state index in [0.717, 1.165) is 23.0 Å². The maximum absolute atomic E-state index is 8.51. The third-order valence-electron chi connectivity index (χ3n) is 2.03. The van der Waals surface area contributed by atoms with Gasteiger partial charge in [-0.1, -0.05) is 5.16 Å². The Morgan fingerprint density at radius 2 is 2.14 bits per heavy atom. The van der Waals surface area contributed by atoms with Crippen LogP contribution in [0.25, 0.3) is 0 Å². The summed E-state index contributed by atoms with van der Waals surface area (Å²) in [6.07, 6.45) is 0. The molecule has 0 fully saturated rings. The first-order valence-corrected chi connectivity index (χ1v) is 5.37. The Kier molecular flexibility index (Phi) is 3.76. The van der Waals surface area contributed by atoms with Crippen LogP contribution in [0.5, 0.6) is 0 Å². The monoisotopic (exact) mass is 213 g/mol. The summed E-state index contributed by atoms with van der Waals surface area (Å²) in [5.74, 6) is 0.174. The molecule has 0 spiro atoms. The predicted octanol–water partition coefficient (Wildman–Crippen LogP) is 1.69. The maximum atomic E-state index is 8.51. The number of hydrogen-bond acceptors (Lipinski definition) is 4. The van der Waals surface area contributed by atoms with E-state index >= 15 is 0 Å². The Morgan fingerprint density at radius 3 is 2.64 bits per heavy atom. The molecule has 0 aliphatic rings. The number of anilines is 1. The van der Waals surface area contributed by atoms with Crippen LogP contribution in [0, 0.1) is 0 Å². The van der Waals surface area contributed by atoms with Gasteiger partial charge in [0.2, 0.25) is 0 Å². The number of nitrogens with zero attached hydrogens (tertiary/aromatic N) is 2. The highest BCUT2D eigenvalue weighted by Crippen LogP contribution is 2.25. The van der Waals surface area contributed by atoms with Crippen molar-refractivity contribution in [2.75, 3.05) is 18.0 Å². The summed E-state index contributed by atoms with van der Waals surface area (Å²) in [7, 11) is 0. The summed E-state index contributed by atoms with van der Waals surface area (Å²) >= 11 is 1.53. The largest absolute Gasteiger partial charge is 0.409 e. The van der Waals surface area contributed by atoms with Crippen molar-refractivity contribution in [3.63, 3.8) is 0 Å². The van der Waals surface area contributed by atoms with E-state index < -0.39 is 0 Å². The van der Waals surface area contributed by atoms with Gasteiger partial charge < -0.3 is 15.8 Å². The van der Waals surface area contributed by atoms with Crippen molar-refractivity contribution in [2.24, 2.45) is 10.9 Å². The minimum absolute atomic E-state index is 0.174. The zero-order valence-electron chi connectivity index (χ0n) is 8.40. The molecule has 5 heteroatoms. The molecule has 0 aliphatic carbocycles. The molecule has 3 N–H and O–H groups in total. The molecule has 0 atom stereocenters. The van der Waals surface area contributed by atoms with Crippen molar-refractivity contribution in [3.8, 4) is 0 Å². The Hall–Kier alpha value is -1.23. The molecular formula is C9H15N3OS. The van der Waals surface area contributed by atoms with Crippen molar-refractivity contribution in [1.29, 1.82) is 0 Å². The van der Waals surface area contributed by atoms with Crippen LogP contribution in [0.15, 0.2) is 17.3 Å². The van der Waals surface area contributed by atoms with Crippen molar-refractivity contribution < 1.29 is 5.21 Å². The maximum Gasteiger partial charge on any atom is 0.180 e. The summed E-state index contributed by atoms with van der Waals surface area (Å²) in [6.45, 7) is 6.14. The minimum atomic E-state index is 0.174. The van der Waals surface area contributed by atoms with Crippen LogP contribution in [0.4, 0.5) is 5.00 Å². The van der Waals surface area contributed by atoms with Gasteiger partial charge in [0.25, 0.3) is 0 Å². The predicted molar refractivity (Wildman–Crippen MR) is 60.4 cm³/mol. The summed E-state index contributed by atoms with van der Waals surface area (Å²) in [5.41, 5.74) is 5.48. The summed E-state index contributed by atoms with van der Waals surface area (Å²) in [6, 6.07) is 3.86. The van der Waals surface area contributed by atoms with Crippen molar-refractivity contribution in [1.82, 2.24) is 0 Å². The van der Waals surface area contributed by atoms with E-state index in [9.17, 15) is 0 Å². The van der Waals surface area contributed by atoms with Crippen LogP contribution >= 0.6 is 11.3 Å². The molecule has 0 unspecified atom stereocenters. The SMILES string of the molecule is CCN(CC)c1ccc(/C(N)=N\O)s1. The van der Waals surface area contributed by atoms with Crippen molar-refractivity contribution >= 4 is 22.2 Å². The second-order valence-electron chi connectivity index (χ2n) is 2.80. The minimum Gasteiger partial charge on any atom is -0.409 e. The van der Waals surface area contributed by atoms with Gasteiger partial charge in [-0.25, -0.2) is 0 Å². The van der Waals surface area contributed by atoms with Gasteiger partial charge in [0.1, 0.15) is 0 Å². The molecule has 14 heavy (non-hydrogen) atoms. The van der Waals surface area contributed by atoms with E-state index in [-0.39, 0.29) is 5.84 Å². The highest BCUT2D eigenvalue weighted by molar-refractivity contribution is 7.18. The van der Waals surface area contributed by atoms with Crippen LogP contribution in [0.2, 0.25) is 0 Å². The van der Waals surface area contributed by atoms with Gasteiger partial charge >= 0.3 is 0 Å². The average molecular weight is 213 g/mol. The fourth-order valence-corrected chi connectivity index (χ4v) is 2.25. The molecule has 78 valence electrons. The molecule has 1 rings (SSSR count). The third-order valence-corrected chi connectivity index (χ3v) is 3.20. The molecule has 0 saturated carbocycles. The fraction of sp³-hybridized carbons (Fsp3) is 0.444. The van der Waals surface area contributed by atoms with Crippen LogP contribution in [-0.2, 0) is 0 Å². The van der Waals surface area contributed by atoms with Gasteiger partial charge in [-0.15, -0.1) is 11.3 Å². The average Bonchev–Trinajstić information content (AvgIpc) is 2.68. The Morgan fingerprint density at radius 1 is 1.50 bits per heavy atom. The first-order chi connectivity index (χ1) is 6.72. The quantitative estimate of drug-likeness (QED) is 0.346. The Bertz CT molecular complexity index is 318. The molecule has 0 aromatic carbocycles. The normalized spacial score (nSPS) is 11.7. The highest BCUT2D eigenvalue weighted by Gasteiger charge is 2.07. The lowest BCUT2D eigenvalue weighted by molar-refractivity contribution is 0.319. The lowest BCUT2D eigenvalue weighted by atomic mass is 10.4. The van der Waals surface area contributed by atoms with Gasteiger partial charge in [-0.2, -0.15) is 0 Å². The van der Waals surface area contributed by atoms with Gasteiger partial charge in [0.05, 0.1) is 9.88 Å². The van der Waals surface area contributed by atoms with Crippen molar-refractivity contribution in [3.05, 3.63) is 17.0 Å². The van der Waals surface area contributed by atoms with E-state index in [4.69, 9.17) is 10.9 Å². The van der Waals surface area contributed by atoms with E-state index in [0.29, 0.717) is 0 Å². The Labute approximate surface area is 87.6 Å². The Balaban J connectivity index is 2.87. The lowest BCUT2D eigenvalue weighted by Gasteiger charge is -2.17. The van der Waals surface area contributed by atoms with Gasteiger partial charge in [-0.05, 0) is 26.0 Å². The first-order valence-electron chi connectivity index (χ1n) is 4.55. The summed E-state index contributed by atoms with van der Waals surface area (Å²) in [5, 5.41) is 12.6. The first kappa shape index (κ1) is 10.8. The van der Waals surface area contributed by atoms with Crippen LogP contribution in [-0.4, -0.2) is 24.1 Å². The number of oxime groups is 1. The molecule has 1 aromatic heterocycles. The van der Waals surface area contributed by atoms with Crippen LogP contribution in [0.1, 0.15) is 18.7 Å². The summed E-state index contributed by atoms with van der Waals surface area (Å²) < 4.78 is 0. The van der Waals surface area contributed by atoms with E-state index in [1.807, 2.05) is 12.1 Å². The molecular weight excluding hydrogens is 198 g/mol. The molecule has 1 heterocycles. The number of amidine groups is 1. The zero-order valence-corrected chi connectivity index (χ0v) is 9.21. The number of thiophene rings is 1. The summed E-state index contributed by atoms with van der Waals surface area (Å²) in [4.78, 5) is 3.02. The molecule has 4 nitrogen and oxygen atoms in total. The highest BCUT2D eigenvalue weighted by atomic mass is 32.1. The van der Waals surface area contributed by atoms with E-state index in [1.165, 1.54) is 11.3 Å².